The number of carbonyl (C=O) groups is 3. The van der Waals surface area contributed by atoms with E-state index in [2.05, 4.69) is 31.5 Å². The Bertz CT molecular complexity index is 1840. The van der Waals surface area contributed by atoms with E-state index >= 15 is 0 Å². The third kappa shape index (κ3) is 7.10. The fourth-order valence-corrected chi connectivity index (χ4v) is 6.72. The van der Waals surface area contributed by atoms with Crippen molar-refractivity contribution in [3.05, 3.63) is 81.4 Å². The maximum atomic E-state index is 13.3. The smallest absolute Gasteiger partial charge is 0.319 e. The van der Waals surface area contributed by atoms with Crippen LogP contribution in [-0.2, 0) is 22.6 Å². The van der Waals surface area contributed by atoms with Gasteiger partial charge in [-0.05, 0) is 49.9 Å². The van der Waals surface area contributed by atoms with Crippen molar-refractivity contribution >= 4 is 52.4 Å². The molecule has 2 atom stereocenters. The van der Waals surface area contributed by atoms with Crippen LogP contribution < -0.4 is 21.3 Å². The molecule has 5 N–H and O–H groups in total. The van der Waals surface area contributed by atoms with Crippen molar-refractivity contribution in [3.63, 3.8) is 0 Å². The molecule has 0 saturated heterocycles. The van der Waals surface area contributed by atoms with E-state index in [4.69, 9.17) is 27.9 Å². The van der Waals surface area contributed by atoms with Gasteiger partial charge in [-0.25, -0.2) is 0 Å². The largest absolute Gasteiger partial charge is 0.468 e. The number of carbonyl (C=O) groups excluding carboxylic acids is 3. The van der Waals surface area contributed by atoms with E-state index < -0.39 is 11.8 Å². The Balaban J connectivity index is 1.18. The van der Waals surface area contributed by atoms with Crippen LogP contribution in [0.15, 0.2) is 48.5 Å². The van der Waals surface area contributed by atoms with Crippen LogP contribution in [0.5, 0.6) is 0 Å². The predicted molar refractivity (Wildman–Crippen MR) is 181 cm³/mol. The molecule has 2 aromatic heterocycles. The third-order valence-electron chi connectivity index (χ3n) is 8.53. The lowest BCUT2D eigenvalue weighted by Crippen LogP contribution is -2.32. The van der Waals surface area contributed by atoms with Gasteiger partial charge in [0.1, 0.15) is 0 Å². The summed E-state index contributed by atoms with van der Waals surface area (Å²) in [4.78, 5) is 38.3. The number of fused-ring (bicyclic) bond motifs is 2. The van der Waals surface area contributed by atoms with Gasteiger partial charge < -0.3 is 25.8 Å². The lowest BCUT2D eigenvalue weighted by Gasteiger charge is -2.24. The van der Waals surface area contributed by atoms with Crippen molar-refractivity contribution < 1.29 is 24.2 Å². The van der Waals surface area contributed by atoms with Crippen molar-refractivity contribution in [2.75, 3.05) is 37.4 Å². The zero-order valence-electron chi connectivity index (χ0n) is 26.3. The summed E-state index contributed by atoms with van der Waals surface area (Å²) in [5, 5.41) is 31.0. The summed E-state index contributed by atoms with van der Waals surface area (Å²) >= 11 is 13.7. The molecule has 0 bridgehead atoms. The molecule has 13 nitrogen and oxygen atoms in total. The number of aliphatic hydroxyl groups is 1. The third-order valence-corrected chi connectivity index (χ3v) is 9.35. The molecule has 0 spiro atoms. The highest BCUT2D eigenvalue weighted by molar-refractivity contribution is 6.40. The highest BCUT2D eigenvalue weighted by atomic mass is 35.5. The molecule has 2 aliphatic heterocycles. The Hall–Kier alpha value is -4.27. The number of methoxy groups -OCH3 is 1. The SMILES string of the molecule is COC(=O)CN[C@H]1CCCn2nc(C(=O)Nc3cccc(-c4cccc(NC(=O)c5cc6n(n5)CCC[C@@H]6NCCO)c4Cl)c3Cl)cc21. The molecule has 252 valence electrons. The molecule has 0 aliphatic carbocycles. The quantitative estimate of drug-likeness (QED) is 0.141. The van der Waals surface area contributed by atoms with E-state index in [1.807, 2.05) is 4.68 Å². The van der Waals surface area contributed by atoms with Gasteiger partial charge >= 0.3 is 5.97 Å². The first-order valence-electron chi connectivity index (χ1n) is 15.8. The number of halogens is 2. The fourth-order valence-electron chi connectivity index (χ4n) is 6.17. The fraction of sp³-hybridized carbons (Fsp3) is 0.364. The van der Waals surface area contributed by atoms with E-state index in [-0.39, 0.29) is 52.6 Å². The lowest BCUT2D eigenvalue weighted by molar-refractivity contribution is -0.139. The maximum Gasteiger partial charge on any atom is 0.319 e. The van der Waals surface area contributed by atoms with Crippen LogP contribution in [0.3, 0.4) is 0 Å². The van der Waals surface area contributed by atoms with Crippen LogP contribution in [0.2, 0.25) is 10.0 Å². The van der Waals surface area contributed by atoms with Gasteiger partial charge in [-0.1, -0.05) is 47.5 Å². The molecular weight excluding hydrogens is 659 g/mol. The minimum absolute atomic E-state index is 0.00719. The van der Waals surface area contributed by atoms with Crippen molar-refractivity contribution in [2.24, 2.45) is 0 Å². The number of hydrogen-bond donors (Lipinski definition) is 5. The molecule has 15 heteroatoms. The Morgan fingerprint density at radius 3 is 1.81 bits per heavy atom. The standard InChI is InChI=1S/C33H36Cl2N8O5/c1-48-29(45)18-37-22-11-5-14-43-28(22)17-26(41-43)33(47)39-24-9-3-7-20(31(24)35)19-6-2-8-23(30(19)34)38-32(46)25-16-27-21(36-12-15-44)10-4-13-42(27)40-25/h2-3,6-9,16-17,21-22,36-37,44H,4-5,10-15,18H2,1H3,(H,38,46)(H,39,47)/t21-,22-/m0/s1. The number of aliphatic hydroxyl groups excluding tert-OH is 1. The highest BCUT2D eigenvalue weighted by Gasteiger charge is 2.27. The van der Waals surface area contributed by atoms with E-state index in [0.29, 0.717) is 42.1 Å². The summed E-state index contributed by atoms with van der Waals surface area (Å²) in [6.07, 6.45) is 3.44. The van der Waals surface area contributed by atoms with Crippen molar-refractivity contribution in [1.82, 2.24) is 30.2 Å². The first-order chi connectivity index (χ1) is 23.3. The summed E-state index contributed by atoms with van der Waals surface area (Å²) in [7, 11) is 1.34. The van der Waals surface area contributed by atoms with E-state index in [9.17, 15) is 19.5 Å². The molecule has 0 fully saturated rings. The molecule has 2 aliphatic rings. The van der Waals surface area contributed by atoms with Gasteiger partial charge in [0.25, 0.3) is 11.8 Å². The number of hydrogen-bond acceptors (Lipinski definition) is 9. The second-order valence-electron chi connectivity index (χ2n) is 11.6. The molecule has 2 amide bonds. The zero-order chi connectivity index (χ0) is 33.8. The summed E-state index contributed by atoms with van der Waals surface area (Å²) in [5.74, 6) is -1.22. The second kappa shape index (κ2) is 14.9. The molecule has 0 radical (unpaired) electrons. The minimum atomic E-state index is -0.439. The summed E-state index contributed by atoms with van der Waals surface area (Å²) in [5.41, 5.74) is 4.06. The lowest BCUT2D eigenvalue weighted by atomic mass is 10.0. The predicted octanol–water partition coefficient (Wildman–Crippen LogP) is 4.57. The number of benzene rings is 2. The monoisotopic (exact) mass is 694 g/mol. The number of anilines is 2. The Morgan fingerprint density at radius 2 is 1.33 bits per heavy atom. The minimum Gasteiger partial charge on any atom is -0.468 e. The van der Waals surface area contributed by atoms with Crippen LogP contribution in [0.4, 0.5) is 11.4 Å². The van der Waals surface area contributed by atoms with Crippen molar-refractivity contribution in [3.8, 4) is 11.1 Å². The number of aromatic nitrogens is 4. The Morgan fingerprint density at radius 1 is 0.833 bits per heavy atom. The van der Waals surface area contributed by atoms with Crippen LogP contribution in [0, 0.1) is 0 Å². The maximum absolute atomic E-state index is 13.3. The number of rotatable bonds is 11. The number of esters is 1. The summed E-state index contributed by atoms with van der Waals surface area (Å²) in [6.45, 7) is 1.90. The average molecular weight is 696 g/mol. The van der Waals surface area contributed by atoms with Crippen LogP contribution in [0.25, 0.3) is 11.1 Å². The number of nitrogens with zero attached hydrogens (tertiary/aromatic N) is 4. The van der Waals surface area contributed by atoms with Gasteiger partial charge in [-0.2, -0.15) is 10.2 Å². The number of amides is 2. The molecule has 4 aromatic rings. The first kappa shape index (κ1) is 33.6. The van der Waals surface area contributed by atoms with Gasteiger partial charge in [0.2, 0.25) is 0 Å². The van der Waals surface area contributed by atoms with E-state index in [1.54, 1.807) is 53.2 Å². The zero-order valence-corrected chi connectivity index (χ0v) is 27.8. The molecule has 4 heterocycles. The van der Waals surface area contributed by atoms with Gasteiger partial charge in [-0.15, -0.1) is 0 Å². The molecule has 0 saturated carbocycles. The van der Waals surface area contributed by atoms with E-state index in [0.717, 1.165) is 37.1 Å². The summed E-state index contributed by atoms with van der Waals surface area (Å²) < 4.78 is 8.33. The Kier molecular flexibility index (Phi) is 10.4. The van der Waals surface area contributed by atoms with Crippen LogP contribution in [-0.4, -0.2) is 69.3 Å². The molecule has 6 rings (SSSR count). The van der Waals surface area contributed by atoms with Crippen LogP contribution >= 0.6 is 23.2 Å². The number of ether oxygens (including phenoxy) is 1. The molecular formula is C33H36Cl2N8O5. The molecule has 2 aromatic carbocycles. The molecule has 48 heavy (non-hydrogen) atoms. The number of aryl methyl sites for hydroxylation is 2. The van der Waals surface area contributed by atoms with Gasteiger partial charge in [0, 0.05) is 42.8 Å². The van der Waals surface area contributed by atoms with Crippen LogP contribution in [0.1, 0.15) is 70.1 Å². The highest BCUT2D eigenvalue weighted by Crippen LogP contribution is 2.40. The Labute approximate surface area is 286 Å². The normalized spacial score (nSPS) is 16.9. The summed E-state index contributed by atoms with van der Waals surface area (Å²) in [6, 6.07) is 13.8. The average Bonchev–Trinajstić information content (AvgIpc) is 3.74. The van der Waals surface area contributed by atoms with Crippen molar-refractivity contribution in [2.45, 2.75) is 50.9 Å². The van der Waals surface area contributed by atoms with Gasteiger partial charge in [0.05, 0.1) is 53.1 Å². The first-order valence-corrected chi connectivity index (χ1v) is 16.5. The topological polar surface area (TPSA) is 164 Å². The van der Waals surface area contributed by atoms with Gasteiger partial charge in [0.15, 0.2) is 11.4 Å². The van der Waals surface area contributed by atoms with E-state index in [1.165, 1.54) is 7.11 Å². The van der Waals surface area contributed by atoms with Gasteiger partial charge in [-0.3, -0.25) is 29.1 Å². The number of nitrogens with one attached hydrogen (secondary N) is 4. The second-order valence-corrected chi connectivity index (χ2v) is 12.4. The molecule has 0 unspecified atom stereocenters. The van der Waals surface area contributed by atoms with Crippen molar-refractivity contribution in [1.29, 1.82) is 0 Å².